The lowest BCUT2D eigenvalue weighted by Crippen LogP contribution is -2.20. The summed E-state index contributed by atoms with van der Waals surface area (Å²) in [4.78, 5) is 11.5. The molecule has 84 valence electrons. The summed E-state index contributed by atoms with van der Waals surface area (Å²) in [5, 5.41) is 9.47. The van der Waals surface area contributed by atoms with Crippen LogP contribution in [-0.2, 0) is 0 Å². The van der Waals surface area contributed by atoms with Crippen LogP contribution >= 0.6 is 0 Å². The molecule has 0 radical (unpaired) electrons. The number of rotatable bonds is 3. The Morgan fingerprint density at radius 3 is 2.53 bits per heavy atom. The molecule has 0 fully saturated rings. The molecule has 15 heavy (non-hydrogen) atoms. The van der Waals surface area contributed by atoms with Gasteiger partial charge in [0.05, 0.1) is 18.8 Å². The smallest absolute Gasteiger partial charge is 0.342 e. The number of hydrogen-bond donors (Lipinski definition) is 1. The van der Waals surface area contributed by atoms with Gasteiger partial charge >= 0.3 is 5.63 Å². The average molecular weight is 212 g/mol. The van der Waals surface area contributed by atoms with Crippen LogP contribution in [0.1, 0.15) is 30.9 Å². The Kier molecular flexibility index (Phi) is 3.52. The van der Waals surface area contributed by atoms with Crippen molar-refractivity contribution in [2.75, 3.05) is 7.11 Å². The first-order valence-electron chi connectivity index (χ1n) is 4.83. The number of aryl methyl sites for hydroxylation is 1. The van der Waals surface area contributed by atoms with Crippen molar-refractivity contribution in [1.29, 1.82) is 0 Å². The van der Waals surface area contributed by atoms with Gasteiger partial charge in [-0.3, -0.25) is 0 Å². The summed E-state index contributed by atoms with van der Waals surface area (Å²) in [7, 11) is 1.50. The molecule has 0 aliphatic rings. The number of hydrogen-bond acceptors (Lipinski definition) is 4. The maximum absolute atomic E-state index is 11.5. The maximum Gasteiger partial charge on any atom is 0.342 e. The van der Waals surface area contributed by atoms with Gasteiger partial charge in [0.2, 0.25) is 0 Å². The number of ether oxygens (including phenoxy) is 1. The molecule has 1 N–H and O–H groups in total. The fourth-order valence-corrected chi connectivity index (χ4v) is 1.47. The Labute approximate surface area is 88.5 Å². The molecule has 1 aromatic rings. The summed E-state index contributed by atoms with van der Waals surface area (Å²) >= 11 is 0. The Bertz CT molecular complexity index is 392. The van der Waals surface area contributed by atoms with Crippen molar-refractivity contribution in [2.45, 2.75) is 32.8 Å². The SMILES string of the molecule is COc1c(C)coc(=O)c1C(C)[C@H](C)O. The molecule has 0 aliphatic carbocycles. The zero-order valence-corrected chi connectivity index (χ0v) is 9.40. The Hall–Kier alpha value is -1.29. The molecule has 4 heteroatoms. The third kappa shape index (κ3) is 2.21. The van der Waals surface area contributed by atoms with E-state index in [1.54, 1.807) is 20.8 Å². The quantitative estimate of drug-likeness (QED) is 0.823. The first-order valence-corrected chi connectivity index (χ1v) is 4.83. The van der Waals surface area contributed by atoms with Gasteiger partial charge in [-0.05, 0) is 13.8 Å². The van der Waals surface area contributed by atoms with Crippen LogP contribution in [0.15, 0.2) is 15.5 Å². The van der Waals surface area contributed by atoms with E-state index in [1.807, 2.05) is 0 Å². The lowest BCUT2D eigenvalue weighted by molar-refractivity contribution is 0.165. The van der Waals surface area contributed by atoms with Crippen molar-refractivity contribution in [3.05, 3.63) is 27.8 Å². The lowest BCUT2D eigenvalue weighted by atomic mass is 9.96. The van der Waals surface area contributed by atoms with Crippen LogP contribution in [0.3, 0.4) is 0 Å². The largest absolute Gasteiger partial charge is 0.496 e. The van der Waals surface area contributed by atoms with Crippen LogP contribution in [0.4, 0.5) is 0 Å². The van der Waals surface area contributed by atoms with Gasteiger partial charge < -0.3 is 14.3 Å². The maximum atomic E-state index is 11.5. The predicted molar refractivity (Wildman–Crippen MR) is 56.4 cm³/mol. The van der Waals surface area contributed by atoms with Gasteiger partial charge in [-0.2, -0.15) is 0 Å². The van der Waals surface area contributed by atoms with E-state index in [-0.39, 0.29) is 5.92 Å². The normalized spacial score (nSPS) is 14.7. The Morgan fingerprint density at radius 2 is 2.07 bits per heavy atom. The first kappa shape index (κ1) is 11.8. The van der Waals surface area contributed by atoms with Gasteiger partial charge in [0.25, 0.3) is 0 Å². The highest BCUT2D eigenvalue weighted by molar-refractivity contribution is 5.39. The zero-order valence-electron chi connectivity index (χ0n) is 9.40. The van der Waals surface area contributed by atoms with Crippen molar-refractivity contribution in [3.63, 3.8) is 0 Å². The molecular formula is C11H16O4. The third-order valence-corrected chi connectivity index (χ3v) is 2.55. The number of aliphatic hydroxyl groups is 1. The van der Waals surface area contributed by atoms with E-state index in [9.17, 15) is 9.90 Å². The van der Waals surface area contributed by atoms with Crippen LogP contribution in [-0.4, -0.2) is 18.3 Å². The number of aliphatic hydroxyl groups excluding tert-OH is 1. The second kappa shape index (κ2) is 4.49. The molecule has 0 aliphatic heterocycles. The average Bonchev–Trinajstić information content (AvgIpc) is 2.19. The summed E-state index contributed by atoms with van der Waals surface area (Å²) in [5.74, 6) is 0.191. The van der Waals surface area contributed by atoms with Crippen LogP contribution in [0.2, 0.25) is 0 Å². The molecule has 1 rings (SSSR count). The molecule has 0 saturated carbocycles. The lowest BCUT2D eigenvalue weighted by Gasteiger charge is -2.17. The van der Waals surface area contributed by atoms with Crippen molar-refractivity contribution in [3.8, 4) is 5.75 Å². The summed E-state index contributed by atoms with van der Waals surface area (Å²) in [6.45, 7) is 5.19. The van der Waals surface area contributed by atoms with Crippen molar-refractivity contribution < 1.29 is 14.3 Å². The van der Waals surface area contributed by atoms with Gasteiger partial charge in [-0.15, -0.1) is 0 Å². The molecule has 0 amide bonds. The number of methoxy groups -OCH3 is 1. The van der Waals surface area contributed by atoms with E-state index in [4.69, 9.17) is 9.15 Å². The standard InChI is InChI=1S/C11H16O4/c1-6-5-15-11(13)9(10(6)14-4)7(2)8(3)12/h5,7-8,12H,1-4H3/t7?,8-/m0/s1. The predicted octanol–water partition coefficient (Wildman–Crippen LogP) is 1.44. The van der Waals surface area contributed by atoms with Gasteiger partial charge in [0.15, 0.2) is 0 Å². The van der Waals surface area contributed by atoms with Crippen LogP contribution < -0.4 is 10.4 Å². The minimum atomic E-state index is -0.622. The summed E-state index contributed by atoms with van der Waals surface area (Å²) in [6.07, 6.45) is 0.739. The highest BCUT2D eigenvalue weighted by Crippen LogP contribution is 2.28. The molecule has 0 aromatic carbocycles. The van der Waals surface area contributed by atoms with Gasteiger partial charge in [-0.25, -0.2) is 4.79 Å². The van der Waals surface area contributed by atoms with E-state index >= 15 is 0 Å². The highest BCUT2D eigenvalue weighted by Gasteiger charge is 2.22. The fraction of sp³-hybridized carbons (Fsp3) is 0.545. The second-order valence-electron chi connectivity index (χ2n) is 3.68. The van der Waals surface area contributed by atoms with E-state index in [0.29, 0.717) is 11.3 Å². The molecule has 0 spiro atoms. The van der Waals surface area contributed by atoms with Gasteiger partial charge in [0.1, 0.15) is 12.0 Å². The zero-order chi connectivity index (χ0) is 11.6. The minimum Gasteiger partial charge on any atom is -0.496 e. The molecular weight excluding hydrogens is 196 g/mol. The molecule has 4 nitrogen and oxygen atoms in total. The van der Waals surface area contributed by atoms with Crippen molar-refractivity contribution in [1.82, 2.24) is 0 Å². The van der Waals surface area contributed by atoms with E-state index in [1.165, 1.54) is 13.4 Å². The van der Waals surface area contributed by atoms with Gasteiger partial charge in [-0.1, -0.05) is 6.92 Å². The topological polar surface area (TPSA) is 59.7 Å². The van der Waals surface area contributed by atoms with Crippen LogP contribution in [0.5, 0.6) is 5.75 Å². The van der Waals surface area contributed by atoms with Crippen molar-refractivity contribution in [2.24, 2.45) is 0 Å². The molecule has 2 atom stereocenters. The molecule has 0 saturated heterocycles. The molecule has 1 heterocycles. The van der Waals surface area contributed by atoms with E-state index < -0.39 is 11.7 Å². The van der Waals surface area contributed by atoms with Gasteiger partial charge in [0, 0.05) is 11.5 Å². The van der Waals surface area contributed by atoms with Crippen LogP contribution in [0, 0.1) is 6.92 Å². The Morgan fingerprint density at radius 1 is 1.47 bits per heavy atom. The van der Waals surface area contributed by atoms with E-state index in [2.05, 4.69) is 0 Å². The van der Waals surface area contributed by atoms with E-state index in [0.717, 1.165) is 5.56 Å². The summed E-state index contributed by atoms with van der Waals surface area (Å²) in [6, 6.07) is 0. The first-order chi connectivity index (χ1) is 6.99. The monoisotopic (exact) mass is 212 g/mol. The highest BCUT2D eigenvalue weighted by atomic mass is 16.5. The minimum absolute atomic E-state index is 0.309. The fourth-order valence-electron chi connectivity index (χ4n) is 1.47. The molecule has 1 unspecified atom stereocenters. The van der Waals surface area contributed by atoms with Crippen molar-refractivity contribution >= 4 is 0 Å². The second-order valence-corrected chi connectivity index (χ2v) is 3.68. The molecule has 0 bridgehead atoms. The summed E-state index contributed by atoms with van der Waals surface area (Å²) < 4.78 is 10.0. The third-order valence-electron chi connectivity index (χ3n) is 2.55. The molecule has 1 aromatic heterocycles. The summed E-state index contributed by atoms with van der Waals surface area (Å²) in [5.41, 5.74) is 0.693. The Balaban J connectivity index is 3.37. The van der Waals surface area contributed by atoms with Crippen LogP contribution in [0.25, 0.3) is 0 Å².